The minimum Gasteiger partial charge on any atom is -0.313 e. The SMILES string of the molecule is CNC(Cc1ccc(C)cc1)c1ccc(F)cc1Br. The second-order valence-corrected chi connectivity index (χ2v) is 5.55. The van der Waals surface area contributed by atoms with Gasteiger partial charge in [-0.05, 0) is 43.7 Å². The smallest absolute Gasteiger partial charge is 0.124 e. The maximum Gasteiger partial charge on any atom is 0.124 e. The van der Waals surface area contributed by atoms with Gasteiger partial charge in [-0.2, -0.15) is 0 Å². The average Bonchev–Trinajstić information content (AvgIpc) is 2.39. The summed E-state index contributed by atoms with van der Waals surface area (Å²) < 4.78 is 13.9. The summed E-state index contributed by atoms with van der Waals surface area (Å²) in [5.74, 6) is -0.221. The van der Waals surface area contributed by atoms with Crippen LogP contribution in [0.2, 0.25) is 0 Å². The Labute approximate surface area is 122 Å². The molecular weight excluding hydrogens is 305 g/mol. The zero-order valence-electron chi connectivity index (χ0n) is 11.1. The molecule has 1 nitrogen and oxygen atoms in total. The molecule has 0 amide bonds. The van der Waals surface area contributed by atoms with Crippen molar-refractivity contribution in [2.45, 2.75) is 19.4 Å². The van der Waals surface area contributed by atoms with E-state index in [9.17, 15) is 4.39 Å². The van der Waals surface area contributed by atoms with Crippen LogP contribution in [0.1, 0.15) is 22.7 Å². The number of aryl methyl sites for hydroxylation is 1. The van der Waals surface area contributed by atoms with Gasteiger partial charge in [0, 0.05) is 10.5 Å². The minimum absolute atomic E-state index is 0.165. The van der Waals surface area contributed by atoms with Crippen LogP contribution in [-0.2, 0) is 6.42 Å². The molecule has 0 aliphatic heterocycles. The molecule has 0 saturated heterocycles. The third kappa shape index (κ3) is 3.64. The number of hydrogen-bond acceptors (Lipinski definition) is 1. The summed E-state index contributed by atoms with van der Waals surface area (Å²) in [6, 6.07) is 13.5. The number of nitrogens with one attached hydrogen (secondary N) is 1. The lowest BCUT2D eigenvalue weighted by Gasteiger charge is -2.18. The van der Waals surface area contributed by atoms with Gasteiger partial charge >= 0.3 is 0 Å². The quantitative estimate of drug-likeness (QED) is 0.880. The van der Waals surface area contributed by atoms with Crippen LogP contribution >= 0.6 is 15.9 Å². The molecular formula is C16H17BrFN. The minimum atomic E-state index is -0.221. The van der Waals surface area contributed by atoms with Crippen LogP contribution in [0.15, 0.2) is 46.9 Å². The highest BCUT2D eigenvalue weighted by atomic mass is 79.9. The van der Waals surface area contributed by atoms with Gasteiger partial charge in [0.2, 0.25) is 0 Å². The summed E-state index contributed by atoms with van der Waals surface area (Å²) >= 11 is 3.43. The zero-order chi connectivity index (χ0) is 13.8. The number of rotatable bonds is 4. The average molecular weight is 322 g/mol. The lowest BCUT2D eigenvalue weighted by atomic mass is 9.98. The molecule has 0 aromatic heterocycles. The molecule has 1 N–H and O–H groups in total. The van der Waals surface area contributed by atoms with Gasteiger partial charge in [0.15, 0.2) is 0 Å². The highest BCUT2D eigenvalue weighted by Crippen LogP contribution is 2.26. The summed E-state index contributed by atoms with van der Waals surface area (Å²) in [6.45, 7) is 2.08. The van der Waals surface area contributed by atoms with Crippen molar-refractivity contribution in [3.8, 4) is 0 Å². The summed E-state index contributed by atoms with van der Waals surface area (Å²) in [4.78, 5) is 0. The molecule has 0 saturated carbocycles. The largest absolute Gasteiger partial charge is 0.313 e. The Hall–Kier alpha value is -1.19. The van der Waals surface area contributed by atoms with E-state index in [2.05, 4.69) is 52.4 Å². The molecule has 2 rings (SSSR count). The highest BCUT2D eigenvalue weighted by Gasteiger charge is 2.13. The molecule has 2 aromatic rings. The van der Waals surface area contributed by atoms with E-state index >= 15 is 0 Å². The van der Waals surface area contributed by atoms with Crippen molar-refractivity contribution in [3.05, 3.63) is 69.4 Å². The van der Waals surface area contributed by atoms with E-state index in [0.29, 0.717) is 0 Å². The number of halogens is 2. The molecule has 0 heterocycles. The summed E-state index contributed by atoms with van der Waals surface area (Å²) in [7, 11) is 1.93. The van der Waals surface area contributed by atoms with E-state index in [-0.39, 0.29) is 11.9 Å². The van der Waals surface area contributed by atoms with Gasteiger partial charge in [-0.3, -0.25) is 0 Å². The predicted octanol–water partition coefficient (Wildman–Crippen LogP) is 4.40. The van der Waals surface area contributed by atoms with E-state index in [1.54, 1.807) is 0 Å². The lowest BCUT2D eigenvalue weighted by molar-refractivity contribution is 0.583. The fourth-order valence-corrected chi connectivity index (χ4v) is 2.74. The first kappa shape index (κ1) is 14.2. The molecule has 100 valence electrons. The lowest BCUT2D eigenvalue weighted by Crippen LogP contribution is -2.19. The molecule has 0 aliphatic carbocycles. The van der Waals surface area contributed by atoms with E-state index < -0.39 is 0 Å². The van der Waals surface area contributed by atoms with Gasteiger partial charge in [0.25, 0.3) is 0 Å². The molecule has 2 aromatic carbocycles. The van der Waals surface area contributed by atoms with Crippen LogP contribution in [0.3, 0.4) is 0 Å². The summed E-state index contributed by atoms with van der Waals surface area (Å²) in [5.41, 5.74) is 3.60. The second-order valence-electron chi connectivity index (χ2n) is 4.70. The molecule has 0 fully saturated rings. The number of likely N-dealkylation sites (N-methyl/N-ethyl adjacent to an activating group) is 1. The third-order valence-corrected chi connectivity index (χ3v) is 3.93. The fraction of sp³-hybridized carbons (Fsp3) is 0.250. The normalized spacial score (nSPS) is 12.4. The van der Waals surface area contributed by atoms with Crippen molar-refractivity contribution < 1.29 is 4.39 Å². The molecule has 0 spiro atoms. The molecule has 0 aliphatic rings. The van der Waals surface area contributed by atoms with E-state index in [1.165, 1.54) is 23.3 Å². The van der Waals surface area contributed by atoms with Gasteiger partial charge in [-0.25, -0.2) is 4.39 Å². The Kier molecular flexibility index (Phi) is 4.72. The summed E-state index contributed by atoms with van der Waals surface area (Å²) in [5, 5.41) is 3.29. The van der Waals surface area contributed by atoms with Crippen LogP contribution < -0.4 is 5.32 Å². The van der Waals surface area contributed by atoms with Gasteiger partial charge in [0.1, 0.15) is 5.82 Å². The van der Waals surface area contributed by atoms with Crippen molar-refractivity contribution in [3.63, 3.8) is 0 Å². The van der Waals surface area contributed by atoms with Crippen molar-refractivity contribution in [2.75, 3.05) is 7.05 Å². The van der Waals surface area contributed by atoms with Crippen LogP contribution in [0.4, 0.5) is 4.39 Å². The zero-order valence-corrected chi connectivity index (χ0v) is 12.7. The monoisotopic (exact) mass is 321 g/mol. The van der Waals surface area contributed by atoms with E-state index in [4.69, 9.17) is 0 Å². The van der Waals surface area contributed by atoms with Crippen molar-refractivity contribution in [1.29, 1.82) is 0 Å². The standard InChI is InChI=1S/C16H17BrFN/c1-11-3-5-12(6-4-11)9-16(19-2)14-8-7-13(18)10-15(14)17/h3-8,10,16,19H,9H2,1-2H3. The van der Waals surface area contributed by atoms with E-state index in [1.807, 2.05) is 13.1 Å². The summed E-state index contributed by atoms with van der Waals surface area (Å²) in [6.07, 6.45) is 0.876. The highest BCUT2D eigenvalue weighted by molar-refractivity contribution is 9.10. The van der Waals surface area contributed by atoms with Crippen LogP contribution in [-0.4, -0.2) is 7.05 Å². The van der Waals surface area contributed by atoms with Gasteiger partial charge in [0.05, 0.1) is 0 Å². The molecule has 19 heavy (non-hydrogen) atoms. The van der Waals surface area contributed by atoms with Gasteiger partial charge < -0.3 is 5.32 Å². The number of benzene rings is 2. The molecule has 3 heteroatoms. The maximum atomic E-state index is 13.1. The first-order valence-electron chi connectivity index (χ1n) is 6.28. The predicted molar refractivity (Wildman–Crippen MR) is 80.8 cm³/mol. The third-order valence-electron chi connectivity index (χ3n) is 3.25. The van der Waals surface area contributed by atoms with Gasteiger partial charge in [-0.15, -0.1) is 0 Å². The van der Waals surface area contributed by atoms with Crippen molar-refractivity contribution in [1.82, 2.24) is 5.32 Å². The van der Waals surface area contributed by atoms with Gasteiger partial charge in [-0.1, -0.05) is 51.8 Å². The number of hydrogen-bond donors (Lipinski definition) is 1. The van der Waals surface area contributed by atoms with Crippen LogP contribution in [0.5, 0.6) is 0 Å². The van der Waals surface area contributed by atoms with Crippen molar-refractivity contribution in [2.24, 2.45) is 0 Å². The van der Waals surface area contributed by atoms with Crippen LogP contribution in [0, 0.1) is 12.7 Å². The molecule has 1 atom stereocenters. The first-order chi connectivity index (χ1) is 9.10. The topological polar surface area (TPSA) is 12.0 Å². The maximum absolute atomic E-state index is 13.1. The first-order valence-corrected chi connectivity index (χ1v) is 7.07. The second kappa shape index (κ2) is 6.31. The Bertz CT molecular complexity index is 551. The van der Waals surface area contributed by atoms with Crippen molar-refractivity contribution >= 4 is 15.9 Å². The Morgan fingerprint density at radius 1 is 1.16 bits per heavy atom. The van der Waals surface area contributed by atoms with E-state index in [0.717, 1.165) is 16.5 Å². The Balaban J connectivity index is 2.22. The fourth-order valence-electron chi connectivity index (χ4n) is 2.11. The molecule has 0 bridgehead atoms. The Morgan fingerprint density at radius 2 is 1.84 bits per heavy atom. The van der Waals surface area contributed by atoms with Crippen LogP contribution in [0.25, 0.3) is 0 Å². The molecule has 1 unspecified atom stereocenters. The molecule has 0 radical (unpaired) electrons. The Morgan fingerprint density at radius 3 is 2.42 bits per heavy atom.